The third-order valence-corrected chi connectivity index (χ3v) is 3.81. The number of hydrogen-bond acceptors (Lipinski definition) is 6. The highest BCUT2D eigenvalue weighted by Gasteiger charge is 2.01. The summed E-state index contributed by atoms with van der Waals surface area (Å²) in [7, 11) is 0. The topological polar surface area (TPSA) is 98.3 Å². The second-order valence-corrected chi connectivity index (χ2v) is 6.51. The van der Waals surface area contributed by atoms with E-state index in [2.05, 4.69) is 17.6 Å². The lowest BCUT2D eigenvalue weighted by Crippen LogP contribution is -2.31. The number of thiocarbonyl (C=S) groups is 1. The second kappa shape index (κ2) is 21.5. The molecule has 178 valence electrons. The summed E-state index contributed by atoms with van der Waals surface area (Å²) in [4.78, 5) is 10.7. The van der Waals surface area contributed by atoms with Gasteiger partial charge in [-0.1, -0.05) is 32.9 Å². The lowest BCUT2D eigenvalue weighted by atomic mass is 10.1. The smallest absolute Gasteiger partial charge is 0.307 e. The standard InChI is InChI=1S/C20H32N2O6S.C2H6/c1-2-8-25-10-12-27-14-15-28-13-11-26-9-7-21-20(29)22-18-5-3-17(4-6-18)16-19(23)24;1-2/h3-6H,2,7-16H2,1H3,(H,23,24)(H2,21,22,29);1-2H3. The van der Waals surface area contributed by atoms with E-state index in [0.717, 1.165) is 24.3 Å². The molecule has 0 aliphatic heterocycles. The van der Waals surface area contributed by atoms with Gasteiger partial charge in [-0.15, -0.1) is 0 Å². The molecule has 0 atom stereocenters. The maximum Gasteiger partial charge on any atom is 0.307 e. The summed E-state index contributed by atoms with van der Waals surface area (Å²) in [5.41, 5.74) is 1.54. The molecule has 8 nitrogen and oxygen atoms in total. The van der Waals surface area contributed by atoms with E-state index in [4.69, 9.17) is 36.3 Å². The number of rotatable bonds is 17. The van der Waals surface area contributed by atoms with Gasteiger partial charge < -0.3 is 34.7 Å². The van der Waals surface area contributed by atoms with Gasteiger partial charge in [-0.3, -0.25) is 4.79 Å². The van der Waals surface area contributed by atoms with E-state index in [-0.39, 0.29) is 6.42 Å². The number of benzene rings is 1. The summed E-state index contributed by atoms with van der Waals surface area (Å²) < 4.78 is 21.6. The SMILES string of the molecule is CC.CCCOCCOCCOCCOCCNC(=S)Nc1ccc(CC(=O)O)cc1. The van der Waals surface area contributed by atoms with Crippen LogP contribution in [-0.4, -0.2) is 75.6 Å². The fraction of sp³-hybridized carbons (Fsp3) is 0.636. The average Bonchev–Trinajstić information content (AvgIpc) is 2.76. The normalized spacial score (nSPS) is 10.2. The first-order valence-electron chi connectivity index (χ1n) is 10.8. The first kappa shape index (κ1) is 29.2. The summed E-state index contributed by atoms with van der Waals surface area (Å²) in [5, 5.41) is 15.3. The van der Waals surface area contributed by atoms with Crippen molar-refractivity contribution in [1.82, 2.24) is 5.32 Å². The molecule has 9 heteroatoms. The molecular formula is C22H38N2O6S. The Morgan fingerprint density at radius 3 is 1.84 bits per heavy atom. The summed E-state index contributed by atoms with van der Waals surface area (Å²) in [5.74, 6) is -0.852. The van der Waals surface area contributed by atoms with Crippen molar-refractivity contribution in [1.29, 1.82) is 0 Å². The Labute approximate surface area is 191 Å². The van der Waals surface area contributed by atoms with E-state index in [1.165, 1.54) is 0 Å². The predicted octanol–water partition coefficient (Wildman–Crippen LogP) is 3.10. The third kappa shape index (κ3) is 18.7. The molecule has 0 bridgehead atoms. The number of hydrogen-bond donors (Lipinski definition) is 3. The monoisotopic (exact) mass is 458 g/mol. The van der Waals surface area contributed by atoms with Gasteiger partial charge in [0.05, 0.1) is 52.7 Å². The summed E-state index contributed by atoms with van der Waals surface area (Å²) in [6, 6.07) is 7.10. The molecule has 0 spiro atoms. The van der Waals surface area contributed by atoms with Gasteiger partial charge in [-0.05, 0) is 36.3 Å². The zero-order valence-electron chi connectivity index (χ0n) is 19.0. The van der Waals surface area contributed by atoms with Crippen molar-refractivity contribution in [2.24, 2.45) is 0 Å². The molecule has 1 aromatic rings. The van der Waals surface area contributed by atoms with E-state index >= 15 is 0 Å². The highest BCUT2D eigenvalue weighted by atomic mass is 32.1. The Hall–Kier alpha value is -1.78. The number of ether oxygens (including phenoxy) is 4. The maximum absolute atomic E-state index is 10.7. The van der Waals surface area contributed by atoms with Gasteiger partial charge in [-0.2, -0.15) is 0 Å². The van der Waals surface area contributed by atoms with Crippen molar-refractivity contribution in [2.45, 2.75) is 33.6 Å². The number of carbonyl (C=O) groups is 1. The van der Waals surface area contributed by atoms with E-state index in [9.17, 15) is 4.79 Å². The van der Waals surface area contributed by atoms with Gasteiger partial charge in [0.15, 0.2) is 5.11 Å². The van der Waals surface area contributed by atoms with Crippen LogP contribution in [0.15, 0.2) is 24.3 Å². The van der Waals surface area contributed by atoms with Crippen LogP contribution in [0, 0.1) is 0 Å². The molecule has 0 saturated heterocycles. The Balaban J connectivity index is 0.00000436. The van der Waals surface area contributed by atoms with Crippen LogP contribution >= 0.6 is 12.2 Å². The zero-order chi connectivity index (χ0) is 23.2. The average molecular weight is 459 g/mol. The molecule has 0 heterocycles. The minimum absolute atomic E-state index is 0.00502. The molecule has 0 unspecified atom stereocenters. The fourth-order valence-corrected chi connectivity index (χ4v) is 2.42. The van der Waals surface area contributed by atoms with Gasteiger partial charge in [0.25, 0.3) is 0 Å². The van der Waals surface area contributed by atoms with Gasteiger partial charge in [0.2, 0.25) is 0 Å². The number of aliphatic carboxylic acids is 1. The van der Waals surface area contributed by atoms with E-state index in [1.54, 1.807) is 24.3 Å². The van der Waals surface area contributed by atoms with Crippen LogP contribution in [0.1, 0.15) is 32.8 Å². The molecule has 0 saturated carbocycles. The highest BCUT2D eigenvalue weighted by molar-refractivity contribution is 7.80. The molecule has 0 aromatic heterocycles. The molecule has 0 fully saturated rings. The van der Waals surface area contributed by atoms with Crippen molar-refractivity contribution in [2.75, 3.05) is 64.7 Å². The molecular weight excluding hydrogens is 420 g/mol. The number of nitrogens with one attached hydrogen (secondary N) is 2. The lowest BCUT2D eigenvalue weighted by Gasteiger charge is -2.11. The van der Waals surface area contributed by atoms with Gasteiger partial charge in [0.1, 0.15) is 0 Å². The van der Waals surface area contributed by atoms with Crippen LogP contribution in [0.4, 0.5) is 5.69 Å². The van der Waals surface area contributed by atoms with Crippen molar-refractivity contribution < 1.29 is 28.8 Å². The quantitative estimate of drug-likeness (QED) is 0.240. The number of carboxylic acid groups (broad SMARTS) is 1. The molecule has 0 aliphatic carbocycles. The van der Waals surface area contributed by atoms with Crippen molar-refractivity contribution in [3.63, 3.8) is 0 Å². The first-order valence-corrected chi connectivity index (χ1v) is 11.2. The van der Waals surface area contributed by atoms with Gasteiger partial charge >= 0.3 is 5.97 Å². The number of carboxylic acids is 1. The second-order valence-electron chi connectivity index (χ2n) is 6.10. The largest absolute Gasteiger partial charge is 0.481 e. The summed E-state index contributed by atoms with van der Waals surface area (Å²) in [6.45, 7) is 11.2. The van der Waals surface area contributed by atoms with E-state index in [0.29, 0.717) is 57.9 Å². The summed E-state index contributed by atoms with van der Waals surface area (Å²) >= 11 is 5.21. The van der Waals surface area contributed by atoms with Crippen LogP contribution < -0.4 is 10.6 Å². The molecule has 31 heavy (non-hydrogen) atoms. The van der Waals surface area contributed by atoms with Crippen LogP contribution in [-0.2, 0) is 30.2 Å². The molecule has 1 rings (SSSR count). The van der Waals surface area contributed by atoms with Crippen LogP contribution in [0.25, 0.3) is 0 Å². The van der Waals surface area contributed by atoms with Crippen LogP contribution in [0.3, 0.4) is 0 Å². The Morgan fingerprint density at radius 2 is 1.35 bits per heavy atom. The Morgan fingerprint density at radius 1 is 0.871 bits per heavy atom. The third-order valence-electron chi connectivity index (χ3n) is 3.56. The maximum atomic E-state index is 10.7. The Bertz CT molecular complexity index is 572. The zero-order valence-corrected chi connectivity index (χ0v) is 19.8. The predicted molar refractivity (Wildman–Crippen MR) is 127 cm³/mol. The molecule has 3 N–H and O–H groups in total. The summed E-state index contributed by atoms with van der Waals surface area (Å²) in [6.07, 6.45) is 1.02. The molecule has 0 radical (unpaired) electrons. The Kier molecular flexibility index (Phi) is 20.2. The van der Waals surface area contributed by atoms with Crippen molar-refractivity contribution in [3.8, 4) is 0 Å². The highest BCUT2D eigenvalue weighted by Crippen LogP contribution is 2.10. The van der Waals surface area contributed by atoms with Gasteiger partial charge in [-0.25, -0.2) is 0 Å². The van der Waals surface area contributed by atoms with Crippen LogP contribution in [0.2, 0.25) is 0 Å². The molecule has 0 aliphatic rings. The fourth-order valence-electron chi connectivity index (χ4n) is 2.20. The minimum Gasteiger partial charge on any atom is -0.481 e. The number of anilines is 1. The molecule has 1 aromatic carbocycles. The van der Waals surface area contributed by atoms with Crippen LogP contribution in [0.5, 0.6) is 0 Å². The minimum atomic E-state index is -0.852. The van der Waals surface area contributed by atoms with Crippen molar-refractivity contribution >= 4 is 29.0 Å². The first-order chi connectivity index (χ1) is 15.1. The van der Waals surface area contributed by atoms with E-state index in [1.807, 2.05) is 13.8 Å². The van der Waals surface area contributed by atoms with Crippen molar-refractivity contribution in [3.05, 3.63) is 29.8 Å². The van der Waals surface area contributed by atoms with Gasteiger partial charge in [0, 0.05) is 18.8 Å². The van der Waals surface area contributed by atoms with E-state index < -0.39 is 5.97 Å². The molecule has 0 amide bonds. The lowest BCUT2D eigenvalue weighted by molar-refractivity contribution is -0.136.